The summed E-state index contributed by atoms with van der Waals surface area (Å²) in [6.07, 6.45) is 6.71. The zero-order valence-corrected chi connectivity index (χ0v) is 6.81. The SMILES string of the molecule is OC1=CN2CC=CC=C2C(O)=C1O. The number of hydrogen-bond acceptors (Lipinski definition) is 4. The number of allylic oxidation sites excluding steroid dienone is 2. The summed E-state index contributed by atoms with van der Waals surface area (Å²) in [6, 6.07) is 0. The molecule has 0 saturated carbocycles. The molecular weight excluding hydrogens is 170 g/mol. The van der Waals surface area contributed by atoms with E-state index in [1.807, 2.05) is 6.08 Å². The molecule has 0 amide bonds. The Hall–Kier alpha value is -1.84. The van der Waals surface area contributed by atoms with Crippen molar-refractivity contribution < 1.29 is 15.3 Å². The minimum absolute atomic E-state index is 0.288. The van der Waals surface area contributed by atoms with Gasteiger partial charge in [0.2, 0.25) is 5.76 Å². The molecule has 0 aromatic carbocycles. The van der Waals surface area contributed by atoms with Crippen LogP contribution in [0.2, 0.25) is 0 Å². The van der Waals surface area contributed by atoms with Gasteiger partial charge in [0.15, 0.2) is 11.5 Å². The van der Waals surface area contributed by atoms with E-state index in [2.05, 4.69) is 0 Å². The van der Waals surface area contributed by atoms with Crippen molar-refractivity contribution in [1.82, 2.24) is 4.90 Å². The Morgan fingerprint density at radius 2 is 1.92 bits per heavy atom. The second-order valence-corrected chi connectivity index (χ2v) is 2.84. The van der Waals surface area contributed by atoms with Gasteiger partial charge in [-0.05, 0) is 6.08 Å². The van der Waals surface area contributed by atoms with Crippen molar-refractivity contribution in [3.05, 3.63) is 47.4 Å². The maximum Gasteiger partial charge on any atom is 0.204 e. The Morgan fingerprint density at radius 3 is 2.69 bits per heavy atom. The first-order valence-corrected chi connectivity index (χ1v) is 3.87. The Bertz CT molecular complexity index is 363. The van der Waals surface area contributed by atoms with Crippen LogP contribution in [0, 0.1) is 0 Å². The number of aliphatic hydroxyl groups is 3. The summed E-state index contributed by atoms with van der Waals surface area (Å²) < 4.78 is 0. The van der Waals surface area contributed by atoms with Gasteiger partial charge in [0.1, 0.15) is 0 Å². The Morgan fingerprint density at radius 1 is 1.15 bits per heavy atom. The minimum atomic E-state index is -0.474. The first kappa shape index (κ1) is 7.79. The quantitative estimate of drug-likeness (QED) is 0.527. The molecule has 2 aliphatic rings. The number of fused-ring (bicyclic) bond motifs is 1. The van der Waals surface area contributed by atoms with Crippen LogP contribution in [0.15, 0.2) is 47.4 Å². The van der Waals surface area contributed by atoms with Crippen molar-refractivity contribution in [2.75, 3.05) is 6.54 Å². The van der Waals surface area contributed by atoms with Crippen molar-refractivity contribution in [1.29, 1.82) is 0 Å². The summed E-state index contributed by atoms with van der Waals surface area (Å²) in [4.78, 5) is 1.64. The van der Waals surface area contributed by atoms with Gasteiger partial charge in [-0.1, -0.05) is 12.2 Å². The van der Waals surface area contributed by atoms with Gasteiger partial charge < -0.3 is 20.2 Å². The molecule has 0 unspecified atom stereocenters. The maximum atomic E-state index is 9.43. The molecule has 0 atom stereocenters. The van der Waals surface area contributed by atoms with E-state index in [-0.39, 0.29) is 11.5 Å². The predicted octanol–water partition coefficient (Wildman–Crippen LogP) is 1.48. The normalized spacial score (nSPS) is 21.1. The molecule has 0 bridgehead atoms. The fourth-order valence-corrected chi connectivity index (χ4v) is 1.32. The van der Waals surface area contributed by atoms with Gasteiger partial charge in [-0.3, -0.25) is 0 Å². The molecule has 4 nitrogen and oxygen atoms in total. The van der Waals surface area contributed by atoms with E-state index in [9.17, 15) is 15.3 Å². The van der Waals surface area contributed by atoms with Gasteiger partial charge in [-0.15, -0.1) is 0 Å². The molecular formula is C9H9NO3. The van der Waals surface area contributed by atoms with E-state index in [1.165, 1.54) is 6.20 Å². The molecule has 2 aliphatic heterocycles. The van der Waals surface area contributed by atoms with Crippen LogP contribution in [0.25, 0.3) is 0 Å². The van der Waals surface area contributed by atoms with Crippen LogP contribution in [0.1, 0.15) is 0 Å². The molecule has 0 saturated heterocycles. The van der Waals surface area contributed by atoms with Gasteiger partial charge in [-0.25, -0.2) is 0 Å². The molecule has 0 aromatic rings. The first-order chi connectivity index (χ1) is 6.20. The van der Waals surface area contributed by atoms with Crippen LogP contribution in [-0.2, 0) is 0 Å². The average molecular weight is 179 g/mol. The third kappa shape index (κ3) is 1.07. The monoisotopic (exact) mass is 179 g/mol. The highest BCUT2D eigenvalue weighted by Crippen LogP contribution is 2.26. The molecule has 0 fully saturated rings. The standard InChI is InChI=1S/C9H9NO3/c11-7-5-10-4-2-1-3-6(10)8(12)9(7)13/h1-3,5,11-13H,4H2. The van der Waals surface area contributed by atoms with E-state index < -0.39 is 5.76 Å². The van der Waals surface area contributed by atoms with E-state index in [0.717, 1.165) is 0 Å². The third-order valence-electron chi connectivity index (χ3n) is 1.99. The maximum absolute atomic E-state index is 9.43. The fourth-order valence-electron chi connectivity index (χ4n) is 1.32. The summed E-state index contributed by atoms with van der Waals surface area (Å²) in [7, 11) is 0. The van der Waals surface area contributed by atoms with Gasteiger partial charge in [0.25, 0.3) is 0 Å². The molecule has 0 aliphatic carbocycles. The number of hydrogen-bond donors (Lipinski definition) is 3. The fraction of sp³-hybridized carbons (Fsp3) is 0.111. The zero-order valence-electron chi connectivity index (χ0n) is 6.81. The van der Waals surface area contributed by atoms with E-state index >= 15 is 0 Å². The summed E-state index contributed by atoms with van der Waals surface area (Å²) in [6.45, 7) is 0.577. The highest BCUT2D eigenvalue weighted by molar-refractivity contribution is 5.42. The lowest BCUT2D eigenvalue weighted by molar-refractivity contribution is 0.254. The summed E-state index contributed by atoms with van der Waals surface area (Å²) >= 11 is 0. The van der Waals surface area contributed by atoms with Crippen LogP contribution < -0.4 is 0 Å². The van der Waals surface area contributed by atoms with E-state index in [1.54, 1.807) is 17.1 Å². The van der Waals surface area contributed by atoms with E-state index in [0.29, 0.717) is 12.2 Å². The van der Waals surface area contributed by atoms with Crippen molar-refractivity contribution in [2.24, 2.45) is 0 Å². The van der Waals surface area contributed by atoms with Crippen LogP contribution in [0.5, 0.6) is 0 Å². The predicted molar refractivity (Wildman–Crippen MR) is 46.9 cm³/mol. The van der Waals surface area contributed by atoms with Crippen molar-refractivity contribution >= 4 is 0 Å². The molecule has 2 rings (SSSR count). The molecule has 4 heteroatoms. The van der Waals surface area contributed by atoms with Crippen LogP contribution in [0.3, 0.4) is 0 Å². The lowest BCUT2D eigenvalue weighted by Crippen LogP contribution is -2.25. The van der Waals surface area contributed by atoms with Crippen molar-refractivity contribution in [3.63, 3.8) is 0 Å². The lowest BCUT2D eigenvalue weighted by Gasteiger charge is -2.27. The molecule has 68 valence electrons. The smallest absolute Gasteiger partial charge is 0.204 e. The Labute approximate surface area is 75.0 Å². The van der Waals surface area contributed by atoms with Crippen LogP contribution >= 0.6 is 0 Å². The second-order valence-electron chi connectivity index (χ2n) is 2.84. The molecule has 0 spiro atoms. The molecule has 3 N–H and O–H groups in total. The minimum Gasteiger partial charge on any atom is -0.503 e. The van der Waals surface area contributed by atoms with Crippen LogP contribution in [0.4, 0.5) is 0 Å². The largest absolute Gasteiger partial charge is 0.503 e. The van der Waals surface area contributed by atoms with Crippen molar-refractivity contribution in [3.8, 4) is 0 Å². The summed E-state index contributed by atoms with van der Waals surface area (Å²) in [5, 5.41) is 27.8. The first-order valence-electron chi connectivity index (χ1n) is 3.87. The number of rotatable bonds is 0. The summed E-state index contributed by atoms with van der Waals surface area (Å²) in [5.74, 6) is -1.08. The number of nitrogens with zero attached hydrogens (tertiary/aromatic N) is 1. The topological polar surface area (TPSA) is 63.9 Å². The van der Waals surface area contributed by atoms with Gasteiger partial charge >= 0.3 is 0 Å². The highest BCUT2D eigenvalue weighted by Gasteiger charge is 2.24. The highest BCUT2D eigenvalue weighted by atomic mass is 16.3. The average Bonchev–Trinajstić information content (AvgIpc) is 2.15. The molecule has 0 aromatic heterocycles. The molecule has 0 radical (unpaired) electrons. The van der Waals surface area contributed by atoms with Crippen molar-refractivity contribution in [2.45, 2.75) is 0 Å². The Kier molecular flexibility index (Phi) is 1.55. The van der Waals surface area contributed by atoms with Gasteiger partial charge in [0, 0.05) is 6.54 Å². The van der Waals surface area contributed by atoms with Crippen LogP contribution in [-0.4, -0.2) is 26.8 Å². The summed E-state index contributed by atoms with van der Waals surface area (Å²) in [5.41, 5.74) is 0.498. The Balaban J connectivity index is 2.50. The van der Waals surface area contributed by atoms with Gasteiger partial charge in [0.05, 0.1) is 11.9 Å². The molecule has 13 heavy (non-hydrogen) atoms. The molecule has 2 heterocycles. The van der Waals surface area contributed by atoms with E-state index in [4.69, 9.17) is 0 Å². The van der Waals surface area contributed by atoms with Gasteiger partial charge in [-0.2, -0.15) is 0 Å². The lowest BCUT2D eigenvalue weighted by atomic mass is 10.1. The third-order valence-corrected chi connectivity index (χ3v) is 1.99. The second kappa shape index (κ2) is 2.58. The number of aliphatic hydroxyl groups excluding tert-OH is 3. The zero-order chi connectivity index (χ0) is 9.42.